The standard InChI is InChI=1S/C38H39N3O10/c1-43-24-12-13-27-26(20-24)38(42)40-37(39-27)22-11-14-29(32(17-22)44-2)49-15-8-16-50-30-10-7-9-25(35(30)47-5)28-21-31(51-41-28)23-18-33(45-3)36(48-6)34(19-23)46-4/h7,9-14,17-21,37,39H,8,15-16H2,1-6H3,(H,40,42). The van der Waals surface area contributed by atoms with E-state index in [0.717, 1.165) is 5.56 Å². The van der Waals surface area contributed by atoms with Gasteiger partial charge in [-0.05, 0) is 60.2 Å². The molecule has 2 heterocycles. The number of ether oxygens (including phenoxy) is 8. The molecule has 1 atom stereocenters. The molecule has 1 aliphatic heterocycles. The number of methoxy groups -OCH3 is 6. The van der Waals surface area contributed by atoms with Crippen LogP contribution in [0.25, 0.3) is 22.6 Å². The summed E-state index contributed by atoms with van der Waals surface area (Å²) in [6.45, 7) is 0.727. The average Bonchev–Trinajstić information content (AvgIpc) is 3.67. The summed E-state index contributed by atoms with van der Waals surface area (Å²) in [5.41, 5.74) is 4.01. The Balaban J connectivity index is 1.08. The molecule has 0 fully saturated rings. The summed E-state index contributed by atoms with van der Waals surface area (Å²) in [7, 11) is 9.38. The maximum absolute atomic E-state index is 12.8. The van der Waals surface area contributed by atoms with Crippen LogP contribution >= 0.6 is 0 Å². The lowest BCUT2D eigenvalue weighted by Crippen LogP contribution is -2.38. The minimum Gasteiger partial charge on any atom is -0.497 e. The van der Waals surface area contributed by atoms with Crippen LogP contribution in [0.4, 0.5) is 5.69 Å². The molecule has 1 unspecified atom stereocenters. The highest BCUT2D eigenvalue weighted by Gasteiger charge is 2.26. The molecule has 0 bridgehead atoms. The lowest BCUT2D eigenvalue weighted by Gasteiger charge is -2.28. The highest BCUT2D eigenvalue weighted by atomic mass is 16.5. The Bertz CT molecular complexity index is 1990. The second kappa shape index (κ2) is 15.5. The first kappa shape index (κ1) is 34.6. The minimum absolute atomic E-state index is 0.199. The number of hydrogen-bond acceptors (Lipinski definition) is 12. The molecule has 13 nitrogen and oxygen atoms in total. The highest BCUT2D eigenvalue weighted by Crippen LogP contribution is 2.43. The van der Waals surface area contributed by atoms with Gasteiger partial charge in [0.15, 0.2) is 40.3 Å². The van der Waals surface area contributed by atoms with Gasteiger partial charge in [0.2, 0.25) is 5.75 Å². The Morgan fingerprint density at radius 1 is 0.647 bits per heavy atom. The van der Waals surface area contributed by atoms with Crippen LogP contribution in [0, 0.1) is 0 Å². The molecule has 2 N–H and O–H groups in total. The largest absolute Gasteiger partial charge is 0.497 e. The molecular weight excluding hydrogens is 658 g/mol. The van der Waals surface area contributed by atoms with Gasteiger partial charge in [-0.15, -0.1) is 0 Å². The third-order valence-electron chi connectivity index (χ3n) is 8.29. The zero-order valence-corrected chi connectivity index (χ0v) is 29.2. The van der Waals surface area contributed by atoms with E-state index in [2.05, 4.69) is 15.8 Å². The molecule has 266 valence electrons. The van der Waals surface area contributed by atoms with Gasteiger partial charge >= 0.3 is 0 Å². The molecule has 1 aliphatic rings. The van der Waals surface area contributed by atoms with E-state index in [0.29, 0.717) is 99.5 Å². The van der Waals surface area contributed by atoms with E-state index in [9.17, 15) is 4.79 Å². The quantitative estimate of drug-likeness (QED) is 0.112. The van der Waals surface area contributed by atoms with Gasteiger partial charge in [0.25, 0.3) is 5.91 Å². The maximum Gasteiger partial charge on any atom is 0.255 e. The number of nitrogens with zero attached hydrogens (tertiary/aromatic N) is 1. The summed E-state index contributed by atoms with van der Waals surface area (Å²) in [5.74, 6) is 4.58. The number of nitrogens with one attached hydrogen (secondary N) is 2. The van der Waals surface area contributed by atoms with Gasteiger partial charge in [0.05, 0.1) is 61.4 Å². The van der Waals surface area contributed by atoms with Crippen LogP contribution in [0.15, 0.2) is 77.3 Å². The van der Waals surface area contributed by atoms with Gasteiger partial charge in [-0.1, -0.05) is 17.3 Å². The normalized spacial score (nSPS) is 13.3. The van der Waals surface area contributed by atoms with Crippen molar-refractivity contribution in [3.05, 3.63) is 83.9 Å². The Hall–Kier alpha value is -6.24. The molecule has 0 saturated heterocycles. The molecule has 0 radical (unpaired) electrons. The molecule has 0 saturated carbocycles. The number of para-hydroxylation sites is 1. The first-order valence-electron chi connectivity index (χ1n) is 16.0. The van der Waals surface area contributed by atoms with Crippen molar-refractivity contribution in [3.63, 3.8) is 0 Å². The van der Waals surface area contributed by atoms with E-state index in [1.807, 2.05) is 54.6 Å². The predicted molar refractivity (Wildman–Crippen MR) is 189 cm³/mol. The molecule has 0 aliphatic carbocycles. The van der Waals surface area contributed by atoms with Crippen molar-refractivity contribution < 1.29 is 47.2 Å². The molecule has 0 spiro atoms. The smallest absolute Gasteiger partial charge is 0.255 e. The number of aromatic nitrogens is 1. The van der Waals surface area contributed by atoms with Crippen LogP contribution in [-0.2, 0) is 0 Å². The number of carbonyl (C=O) groups is 1. The van der Waals surface area contributed by atoms with Crippen molar-refractivity contribution >= 4 is 11.6 Å². The SMILES string of the molecule is COc1ccc2c(c1)C(=O)NC(c1ccc(OCCCOc3cccc(-c4cc(-c5cc(OC)c(OC)c(OC)c5)on4)c3OC)c(OC)c1)N2. The number of anilines is 1. The van der Waals surface area contributed by atoms with Gasteiger partial charge in [0, 0.05) is 29.3 Å². The molecule has 5 aromatic rings. The number of carbonyl (C=O) groups excluding carboxylic acids is 1. The molecule has 13 heteroatoms. The second-order valence-corrected chi connectivity index (χ2v) is 11.3. The lowest BCUT2D eigenvalue weighted by atomic mass is 10.0. The Kier molecular flexibility index (Phi) is 10.5. The van der Waals surface area contributed by atoms with Crippen LogP contribution in [0.3, 0.4) is 0 Å². The monoisotopic (exact) mass is 697 g/mol. The maximum atomic E-state index is 12.8. The third-order valence-corrected chi connectivity index (χ3v) is 8.29. The third kappa shape index (κ3) is 7.23. The van der Waals surface area contributed by atoms with Crippen LogP contribution < -0.4 is 48.5 Å². The number of benzene rings is 4. The molecule has 1 aromatic heterocycles. The number of hydrogen-bond donors (Lipinski definition) is 2. The fraction of sp³-hybridized carbons (Fsp3) is 0.263. The second-order valence-electron chi connectivity index (χ2n) is 11.3. The average molecular weight is 698 g/mol. The summed E-state index contributed by atoms with van der Waals surface area (Å²) in [6, 6.07) is 21.8. The van der Waals surface area contributed by atoms with Crippen molar-refractivity contribution in [3.8, 4) is 68.6 Å². The fourth-order valence-electron chi connectivity index (χ4n) is 5.74. The van der Waals surface area contributed by atoms with Gasteiger partial charge in [-0.2, -0.15) is 0 Å². The van der Waals surface area contributed by atoms with Crippen molar-refractivity contribution in [2.24, 2.45) is 0 Å². The highest BCUT2D eigenvalue weighted by molar-refractivity contribution is 6.02. The number of amides is 1. The summed E-state index contributed by atoms with van der Waals surface area (Å²) < 4.78 is 50.9. The van der Waals surface area contributed by atoms with E-state index in [4.69, 9.17) is 42.4 Å². The van der Waals surface area contributed by atoms with E-state index in [1.54, 1.807) is 60.9 Å². The zero-order valence-electron chi connectivity index (χ0n) is 29.2. The van der Waals surface area contributed by atoms with Gasteiger partial charge < -0.3 is 53.1 Å². The minimum atomic E-state index is -0.446. The summed E-state index contributed by atoms with van der Waals surface area (Å²) in [4.78, 5) is 12.8. The number of fused-ring (bicyclic) bond motifs is 1. The Morgan fingerprint density at radius 3 is 2.06 bits per heavy atom. The lowest BCUT2D eigenvalue weighted by molar-refractivity contribution is 0.0935. The van der Waals surface area contributed by atoms with Gasteiger partial charge in [-0.25, -0.2) is 0 Å². The van der Waals surface area contributed by atoms with Crippen molar-refractivity contribution in [2.75, 3.05) is 61.2 Å². The molecule has 51 heavy (non-hydrogen) atoms. The van der Waals surface area contributed by atoms with Crippen LogP contribution in [-0.4, -0.2) is 66.9 Å². The van der Waals surface area contributed by atoms with Crippen molar-refractivity contribution in [1.29, 1.82) is 0 Å². The number of rotatable bonds is 15. The van der Waals surface area contributed by atoms with Crippen molar-refractivity contribution in [1.82, 2.24) is 10.5 Å². The van der Waals surface area contributed by atoms with E-state index < -0.39 is 6.17 Å². The van der Waals surface area contributed by atoms with E-state index >= 15 is 0 Å². The topological polar surface area (TPSA) is 141 Å². The molecule has 4 aromatic carbocycles. The molecule has 1 amide bonds. The summed E-state index contributed by atoms with van der Waals surface area (Å²) in [5, 5.41) is 10.6. The van der Waals surface area contributed by atoms with Gasteiger partial charge in [0.1, 0.15) is 17.6 Å². The zero-order chi connectivity index (χ0) is 35.9. The van der Waals surface area contributed by atoms with E-state index in [1.165, 1.54) is 0 Å². The van der Waals surface area contributed by atoms with Crippen LogP contribution in [0.5, 0.6) is 46.0 Å². The summed E-state index contributed by atoms with van der Waals surface area (Å²) in [6.07, 6.45) is 0.132. The first-order valence-corrected chi connectivity index (χ1v) is 16.0. The molecule has 6 rings (SSSR count). The first-order chi connectivity index (χ1) is 24.9. The van der Waals surface area contributed by atoms with Crippen LogP contribution in [0.1, 0.15) is 28.5 Å². The summed E-state index contributed by atoms with van der Waals surface area (Å²) >= 11 is 0. The fourth-order valence-corrected chi connectivity index (χ4v) is 5.74. The van der Waals surface area contributed by atoms with Crippen molar-refractivity contribution in [2.45, 2.75) is 12.6 Å². The van der Waals surface area contributed by atoms with Gasteiger partial charge in [-0.3, -0.25) is 4.79 Å². The van der Waals surface area contributed by atoms with E-state index in [-0.39, 0.29) is 5.91 Å². The Labute approximate surface area is 295 Å². The Morgan fingerprint density at radius 2 is 1.37 bits per heavy atom. The predicted octanol–water partition coefficient (Wildman–Crippen LogP) is 6.76. The van der Waals surface area contributed by atoms with Crippen LogP contribution in [0.2, 0.25) is 0 Å². The molecular formula is C38H39N3O10.